The van der Waals surface area contributed by atoms with E-state index in [2.05, 4.69) is 5.32 Å². The van der Waals surface area contributed by atoms with E-state index in [0.29, 0.717) is 19.3 Å². The highest BCUT2D eigenvalue weighted by Crippen LogP contribution is 2.17. The molecule has 1 N–H and O–H groups in total. The van der Waals surface area contributed by atoms with Gasteiger partial charge in [0.2, 0.25) is 0 Å². The van der Waals surface area contributed by atoms with Crippen molar-refractivity contribution < 1.29 is 9.31 Å². The Balaban J connectivity index is 1.63. The molecule has 0 bridgehead atoms. The first-order valence-electron chi connectivity index (χ1n) is 6.08. The van der Waals surface area contributed by atoms with E-state index < -0.39 is 0 Å². The summed E-state index contributed by atoms with van der Waals surface area (Å²) in [5.74, 6) is 0. The lowest BCUT2D eigenvalue weighted by Gasteiger charge is -2.13. The van der Waals surface area contributed by atoms with Crippen LogP contribution in [0.2, 0.25) is 5.02 Å². The summed E-state index contributed by atoms with van der Waals surface area (Å²) < 4.78 is 11.5. The van der Waals surface area contributed by atoms with Crippen molar-refractivity contribution in [3.63, 3.8) is 0 Å². The summed E-state index contributed by atoms with van der Waals surface area (Å²) >= 11 is 5.95. The monoisotopic (exact) mass is 251 g/mol. The number of hydrogen-bond donors (Lipinski definition) is 1. The number of hydrogen-bond acceptors (Lipinski definition) is 3. The molecule has 0 radical (unpaired) electrons. The molecule has 17 heavy (non-hydrogen) atoms. The predicted molar refractivity (Wildman–Crippen MR) is 68.6 cm³/mol. The van der Waals surface area contributed by atoms with Crippen LogP contribution in [0.5, 0.6) is 0 Å². The minimum absolute atomic E-state index is 0.218. The molecule has 1 aromatic carbocycles. The number of nitrogens with one attached hydrogen (secondary N) is 1. The highest BCUT2D eigenvalue weighted by molar-refractivity contribution is 6.63. The summed E-state index contributed by atoms with van der Waals surface area (Å²) in [5.41, 5.74) is 2.26. The van der Waals surface area contributed by atoms with Crippen LogP contribution in [-0.2, 0) is 15.9 Å². The normalized spacial score (nSPS) is 23.1. The second kappa shape index (κ2) is 4.98. The minimum Gasteiger partial charge on any atom is -0.406 e. The van der Waals surface area contributed by atoms with Gasteiger partial charge >= 0.3 is 7.12 Å². The largest absolute Gasteiger partial charge is 0.494 e. The molecule has 0 aromatic heterocycles. The molecule has 90 valence electrons. The molecule has 2 aliphatic heterocycles. The molecule has 1 atom stereocenters. The van der Waals surface area contributed by atoms with E-state index in [9.17, 15) is 0 Å². The van der Waals surface area contributed by atoms with E-state index in [-0.39, 0.29) is 7.12 Å². The Morgan fingerprint density at radius 3 is 3.29 bits per heavy atom. The summed E-state index contributed by atoms with van der Waals surface area (Å²) in [6.45, 7) is 2.41. The third kappa shape index (κ3) is 2.50. The van der Waals surface area contributed by atoms with Crippen molar-refractivity contribution in [2.75, 3.05) is 13.2 Å². The summed E-state index contributed by atoms with van der Waals surface area (Å²) in [7, 11) is -0.218. The maximum absolute atomic E-state index is 5.95. The molecule has 0 amide bonds. The van der Waals surface area contributed by atoms with Gasteiger partial charge in [-0.05, 0) is 42.5 Å². The molecule has 1 fully saturated rings. The van der Waals surface area contributed by atoms with Crippen molar-refractivity contribution in [3.8, 4) is 0 Å². The Hall–Kier alpha value is -0.545. The van der Waals surface area contributed by atoms with E-state index in [1.807, 2.05) is 18.2 Å². The number of benzene rings is 1. The first-order valence-corrected chi connectivity index (χ1v) is 6.45. The second-order valence-electron chi connectivity index (χ2n) is 4.61. The third-order valence-electron chi connectivity index (χ3n) is 3.36. The van der Waals surface area contributed by atoms with Gasteiger partial charge < -0.3 is 14.6 Å². The van der Waals surface area contributed by atoms with Gasteiger partial charge in [0, 0.05) is 17.7 Å². The molecule has 1 saturated heterocycles. The summed E-state index contributed by atoms with van der Waals surface area (Å²) in [4.78, 5) is 0. The fourth-order valence-corrected chi connectivity index (χ4v) is 2.62. The van der Waals surface area contributed by atoms with Gasteiger partial charge in [-0.15, -0.1) is 0 Å². The number of halogens is 1. The third-order valence-corrected chi connectivity index (χ3v) is 3.60. The van der Waals surface area contributed by atoms with Crippen LogP contribution >= 0.6 is 11.6 Å². The van der Waals surface area contributed by atoms with Gasteiger partial charge in [-0.25, -0.2) is 0 Å². The van der Waals surface area contributed by atoms with Gasteiger partial charge in [0.05, 0.1) is 6.61 Å². The summed E-state index contributed by atoms with van der Waals surface area (Å²) in [5, 5.41) is 4.17. The lowest BCUT2D eigenvalue weighted by Crippen LogP contribution is -2.37. The lowest BCUT2D eigenvalue weighted by atomic mass is 9.79. The molecular weight excluding hydrogens is 236 g/mol. The molecule has 3 nitrogen and oxygen atoms in total. The van der Waals surface area contributed by atoms with Crippen LogP contribution in [0.1, 0.15) is 18.4 Å². The van der Waals surface area contributed by atoms with Crippen LogP contribution in [0.15, 0.2) is 18.2 Å². The zero-order chi connectivity index (χ0) is 11.7. The highest BCUT2D eigenvalue weighted by atomic mass is 35.5. The molecular formula is C12H15BClNO2. The summed E-state index contributed by atoms with van der Waals surface area (Å²) in [6.07, 6.45) is 2.44. The molecule has 0 unspecified atom stereocenters. The smallest absolute Gasteiger partial charge is 0.406 e. The van der Waals surface area contributed by atoms with Crippen LogP contribution in [0.3, 0.4) is 0 Å². The lowest BCUT2D eigenvalue weighted by molar-refractivity contribution is 0.196. The van der Waals surface area contributed by atoms with Crippen LogP contribution in [0.25, 0.3) is 0 Å². The topological polar surface area (TPSA) is 30.5 Å². The van der Waals surface area contributed by atoms with Crippen molar-refractivity contribution >= 4 is 24.2 Å². The van der Waals surface area contributed by atoms with Crippen molar-refractivity contribution in [2.24, 2.45) is 0 Å². The van der Waals surface area contributed by atoms with Crippen molar-refractivity contribution in [3.05, 3.63) is 28.8 Å². The van der Waals surface area contributed by atoms with Gasteiger partial charge in [0.15, 0.2) is 0 Å². The van der Waals surface area contributed by atoms with Crippen LogP contribution in [-0.4, -0.2) is 26.3 Å². The van der Waals surface area contributed by atoms with E-state index in [1.165, 1.54) is 12.8 Å². The van der Waals surface area contributed by atoms with Gasteiger partial charge in [0.1, 0.15) is 0 Å². The summed E-state index contributed by atoms with van der Waals surface area (Å²) in [6, 6.07) is 6.32. The minimum atomic E-state index is -0.218. The van der Waals surface area contributed by atoms with E-state index in [0.717, 1.165) is 22.6 Å². The fraction of sp³-hybridized carbons (Fsp3) is 0.500. The van der Waals surface area contributed by atoms with Gasteiger partial charge in [-0.2, -0.15) is 0 Å². The van der Waals surface area contributed by atoms with E-state index in [4.69, 9.17) is 20.9 Å². The molecule has 1 aromatic rings. The Bertz CT molecular complexity index is 409. The Morgan fingerprint density at radius 2 is 2.47 bits per heavy atom. The second-order valence-corrected chi connectivity index (χ2v) is 5.05. The Labute approximate surface area is 107 Å². The van der Waals surface area contributed by atoms with Gasteiger partial charge in [-0.1, -0.05) is 17.7 Å². The van der Waals surface area contributed by atoms with Gasteiger partial charge in [0.25, 0.3) is 0 Å². The van der Waals surface area contributed by atoms with Crippen molar-refractivity contribution in [1.29, 1.82) is 0 Å². The number of fused-ring (bicyclic) bond motifs is 1. The van der Waals surface area contributed by atoms with Crippen LogP contribution in [0, 0.1) is 0 Å². The average Bonchev–Trinajstić information content (AvgIpc) is 2.94. The SMILES string of the molecule is Clc1ccc2c(c1)COB2OC[C@@H]1CCCN1. The molecule has 0 spiro atoms. The molecule has 2 heterocycles. The maximum atomic E-state index is 5.95. The molecule has 2 aliphatic rings. The first-order chi connectivity index (χ1) is 8.33. The quantitative estimate of drug-likeness (QED) is 0.822. The zero-order valence-electron chi connectivity index (χ0n) is 9.62. The maximum Gasteiger partial charge on any atom is 0.494 e. The van der Waals surface area contributed by atoms with Crippen molar-refractivity contribution in [2.45, 2.75) is 25.5 Å². The van der Waals surface area contributed by atoms with E-state index >= 15 is 0 Å². The van der Waals surface area contributed by atoms with Crippen LogP contribution in [0.4, 0.5) is 0 Å². The molecule has 3 rings (SSSR count). The predicted octanol–water partition coefficient (Wildman–Crippen LogP) is 1.33. The van der Waals surface area contributed by atoms with Crippen molar-refractivity contribution in [1.82, 2.24) is 5.32 Å². The Morgan fingerprint density at radius 1 is 1.53 bits per heavy atom. The molecule has 5 heteroatoms. The van der Waals surface area contributed by atoms with E-state index in [1.54, 1.807) is 0 Å². The highest BCUT2D eigenvalue weighted by Gasteiger charge is 2.31. The number of rotatable bonds is 3. The molecule has 0 saturated carbocycles. The average molecular weight is 252 g/mol. The molecule has 0 aliphatic carbocycles. The standard InChI is InChI=1S/C12H15BClNO2/c14-10-3-4-12-9(6-10)7-16-13(12)17-8-11-2-1-5-15-11/h3-4,6,11,15H,1-2,5,7-8H2/t11-/m0/s1. The Kier molecular flexibility index (Phi) is 3.38. The fourth-order valence-electron chi connectivity index (χ4n) is 2.42. The first kappa shape index (κ1) is 11.5. The van der Waals surface area contributed by atoms with Gasteiger partial charge in [-0.3, -0.25) is 0 Å². The zero-order valence-corrected chi connectivity index (χ0v) is 10.4. The van der Waals surface area contributed by atoms with Crippen LogP contribution < -0.4 is 10.8 Å².